The van der Waals surface area contributed by atoms with Gasteiger partial charge in [-0.05, 0) is 38.0 Å². The lowest BCUT2D eigenvalue weighted by Crippen LogP contribution is -2.35. The van der Waals surface area contributed by atoms with E-state index in [0.717, 1.165) is 12.0 Å². The Balaban J connectivity index is 3.00. The quantitative estimate of drug-likeness (QED) is 0.795. The fourth-order valence-corrected chi connectivity index (χ4v) is 1.53. The van der Waals surface area contributed by atoms with Crippen LogP contribution in [0.25, 0.3) is 0 Å². The van der Waals surface area contributed by atoms with Crippen LogP contribution in [-0.2, 0) is 0 Å². The zero-order chi connectivity index (χ0) is 12.3. The molecule has 0 aliphatic carbocycles. The van der Waals surface area contributed by atoms with Gasteiger partial charge in [-0.3, -0.25) is 4.79 Å². The summed E-state index contributed by atoms with van der Waals surface area (Å²) >= 11 is 0. The zero-order valence-corrected chi connectivity index (χ0v) is 10.4. The lowest BCUT2D eigenvalue weighted by Gasteiger charge is -2.24. The second-order valence-corrected chi connectivity index (χ2v) is 4.25. The van der Waals surface area contributed by atoms with Crippen LogP contribution in [0.1, 0.15) is 36.2 Å². The molecular weight excluding hydrogens is 200 g/mol. The Morgan fingerprint density at radius 2 is 2.12 bits per heavy atom. The molecule has 3 heteroatoms. The summed E-state index contributed by atoms with van der Waals surface area (Å²) in [6.45, 7) is 6.04. The van der Waals surface area contributed by atoms with Crippen LogP contribution in [0.3, 0.4) is 0 Å². The number of rotatable bonds is 3. The molecule has 3 nitrogen and oxygen atoms in total. The average Bonchev–Trinajstić information content (AvgIpc) is 2.29. The summed E-state index contributed by atoms with van der Waals surface area (Å²) in [6, 6.07) is 5.69. The lowest BCUT2D eigenvalue weighted by atomic mass is 10.1. The van der Waals surface area contributed by atoms with Crippen molar-refractivity contribution < 1.29 is 4.79 Å². The van der Waals surface area contributed by atoms with E-state index in [-0.39, 0.29) is 11.9 Å². The maximum absolute atomic E-state index is 12.2. The van der Waals surface area contributed by atoms with Gasteiger partial charge in [-0.1, -0.05) is 13.0 Å². The summed E-state index contributed by atoms with van der Waals surface area (Å²) < 4.78 is 0. The topological polar surface area (TPSA) is 46.3 Å². The van der Waals surface area contributed by atoms with Crippen molar-refractivity contribution in [2.75, 3.05) is 12.8 Å². The molecule has 0 spiro atoms. The largest absolute Gasteiger partial charge is 0.399 e. The first-order chi connectivity index (χ1) is 7.47. The molecule has 88 valence electrons. The minimum absolute atomic E-state index is 0.0409. The van der Waals surface area contributed by atoms with Gasteiger partial charge in [-0.15, -0.1) is 0 Å². The Kier molecular flexibility index (Phi) is 3.93. The van der Waals surface area contributed by atoms with Crippen molar-refractivity contribution in [3.05, 3.63) is 29.3 Å². The zero-order valence-electron chi connectivity index (χ0n) is 10.4. The number of anilines is 1. The van der Waals surface area contributed by atoms with E-state index in [9.17, 15) is 4.79 Å². The second-order valence-electron chi connectivity index (χ2n) is 4.25. The Hall–Kier alpha value is -1.51. The van der Waals surface area contributed by atoms with Crippen molar-refractivity contribution in [1.29, 1.82) is 0 Å². The Morgan fingerprint density at radius 3 is 2.69 bits per heavy atom. The van der Waals surface area contributed by atoms with E-state index in [0.29, 0.717) is 11.3 Å². The van der Waals surface area contributed by atoms with E-state index in [2.05, 4.69) is 6.92 Å². The molecule has 1 aromatic rings. The van der Waals surface area contributed by atoms with Crippen LogP contribution < -0.4 is 5.73 Å². The maximum atomic E-state index is 12.2. The number of nitrogen functional groups attached to an aromatic ring is 1. The van der Waals surface area contributed by atoms with Crippen LogP contribution in [0.4, 0.5) is 5.69 Å². The number of amides is 1. The van der Waals surface area contributed by atoms with Crippen LogP contribution in [0.15, 0.2) is 18.2 Å². The van der Waals surface area contributed by atoms with Crippen LogP contribution >= 0.6 is 0 Å². The van der Waals surface area contributed by atoms with Crippen molar-refractivity contribution in [2.45, 2.75) is 33.2 Å². The molecule has 1 amide bonds. The van der Waals surface area contributed by atoms with Crippen molar-refractivity contribution >= 4 is 11.6 Å². The molecule has 1 atom stereocenters. The van der Waals surface area contributed by atoms with Gasteiger partial charge in [0.25, 0.3) is 5.91 Å². The molecule has 0 aromatic heterocycles. The molecule has 16 heavy (non-hydrogen) atoms. The van der Waals surface area contributed by atoms with E-state index in [1.807, 2.05) is 33.0 Å². The molecule has 0 heterocycles. The highest BCUT2D eigenvalue weighted by atomic mass is 16.2. The molecule has 0 fully saturated rings. The minimum atomic E-state index is 0.0409. The summed E-state index contributed by atoms with van der Waals surface area (Å²) in [4.78, 5) is 14.0. The van der Waals surface area contributed by atoms with Crippen molar-refractivity contribution in [1.82, 2.24) is 4.90 Å². The third-order valence-corrected chi connectivity index (χ3v) is 3.06. The highest BCUT2D eigenvalue weighted by molar-refractivity contribution is 5.96. The number of nitrogens with two attached hydrogens (primary N) is 1. The molecule has 0 bridgehead atoms. The normalized spacial score (nSPS) is 12.2. The predicted molar refractivity (Wildman–Crippen MR) is 67.4 cm³/mol. The van der Waals surface area contributed by atoms with E-state index in [4.69, 9.17) is 5.73 Å². The second kappa shape index (κ2) is 5.01. The number of carbonyl (C=O) groups is 1. The van der Waals surface area contributed by atoms with Gasteiger partial charge < -0.3 is 10.6 Å². The smallest absolute Gasteiger partial charge is 0.254 e. The average molecular weight is 220 g/mol. The van der Waals surface area contributed by atoms with Gasteiger partial charge in [0.05, 0.1) is 0 Å². The molecule has 2 N–H and O–H groups in total. The fourth-order valence-electron chi connectivity index (χ4n) is 1.53. The fraction of sp³-hybridized carbons (Fsp3) is 0.462. The van der Waals surface area contributed by atoms with Crippen LogP contribution in [0.5, 0.6) is 0 Å². The number of hydrogen-bond acceptors (Lipinski definition) is 2. The van der Waals surface area contributed by atoms with E-state index < -0.39 is 0 Å². The van der Waals surface area contributed by atoms with Crippen LogP contribution in [0, 0.1) is 6.92 Å². The number of carbonyl (C=O) groups excluding carboxylic acids is 1. The summed E-state index contributed by atoms with van der Waals surface area (Å²) in [5.74, 6) is 0.0409. The van der Waals surface area contributed by atoms with Gasteiger partial charge in [0.1, 0.15) is 0 Å². The standard InChI is InChI=1S/C13H20N2O/c1-5-10(3)15(4)13(16)12-8-11(14)7-6-9(12)2/h6-8,10H,5,14H2,1-4H3. The van der Waals surface area contributed by atoms with Crippen molar-refractivity contribution in [3.8, 4) is 0 Å². The summed E-state index contributed by atoms with van der Waals surface area (Å²) in [5, 5.41) is 0. The monoisotopic (exact) mass is 220 g/mol. The van der Waals surface area contributed by atoms with Gasteiger partial charge in [-0.2, -0.15) is 0 Å². The number of nitrogens with zero attached hydrogens (tertiary/aromatic N) is 1. The maximum Gasteiger partial charge on any atom is 0.254 e. The Labute approximate surface area is 97.2 Å². The van der Waals surface area contributed by atoms with Gasteiger partial charge in [-0.25, -0.2) is 0 Å². The van der Waals surface area contributed by atoms with Crippen LogP contribution in [0.2, 0.25) is 0 Å². The summed E-state index contributed by atoms with van der Waals surface area (Å²) in [5.41, 5.74) is 8.00. The van der Waals surface area contributed by atoms with Crippen LogP contribution in [-0.4, -0.2) is 23.9 Å². The number of benzene rings is 1. The first kappa shape index (κ1) is 12.6. The minimum Gasteiger partial charge on any atom is -0.399 e. The van der Waals surface area contributed by atoms with Gasteiger partial charge in [0, 0.05) is 24.3 Å². The third kappa shape index (κ3) is 2.54. The van der Waals surface area contributed by atoms with Crippen molar-refractivity contribution in [2.24, 2.45) is 0 Å². The molecule has 0 aliphatic rings. The lowest BCUT2D eigenvalue weighted by molar-refractivity contribution is 0.0740. The molecule has 1 aromatic carbocycles. The van der Waals surface area contributed by atoms with Crippen molar-refractivity contribution in [3.63, 3.8) is 0 Å². The molecule has 1 unspecified atom stereocenters. The van der Waals surface area contributed by atoms with E-state index >= 15 is 0 Å². The third-order valence-electron chi connectivity index (χ3n) is 3.06. The highest BCUT2D eigenvalue weighted by Gasteiger charge is 2.17. The molecule has 1 rings (SSSR count). The first-order valence-corrected chi connectivity index (χ1v) is 5.60. The van der Waals surface area contributed by atoms with E-state index in [1.165, 1.54) is 0 Å². The van der Waals surface area contributed by atoms with Gasteiger partial charge in [0.2, 0.25) is 0 Å². The Morgan fingerprint density at radius 1 is 1.50 bits per heavy atom. The molecule has 0 radical (unpaired) electrons. The highest BCUT2D eigenvalue weighted by Crippen LogP contribution is 2.16. The molecule has 0 saturated heterocycles. The number of aryl methyl sites for hydroxylation is 1. The first-order valence-electron chi connectivity index (χ1n) is 5.60. The SMILES string of the molecule is CCC(C)N(C)C(=O)c1cc(N)ccc1C. The molecular formula is C13H20N2O. The number of hydrogen-bond donors (Lipinski definition) is 1. The summed E-state index contributed by atoms with van der Waals surface area (Å²) in [7, 11) is 1.83. The van der Waals surface area contributed by atoms with Gasteiger partial charge >= 0.3 is 0 Å². The Bertz CT molecular complexity index is 388. The van der Waals surface area contributed by atoms with E-state index in [1.54, 1.807) is 11.0 Å². The van der Waals surface area contributed by atoms with Gasteiger partial charge in [0.15, 0.2) is 0 Å². The molecule has 0 aliphatic heterocycles. The molecule has 0 saturated carbocycles. The predicted octanol–water partition coefficient (Wildman–Crippen LogP) is 2.45. The summed E-state index contributed by atoms with van der Waals surface area (Å²) in [6.07, 6.45) is 0.948.